The number of nitrogens with zero attached hydrogens (tertiary/aromatic N) is 6. The molecule has 9 heteroatoms. The molecule has 0 aliphatic carbocycles. The summed E-state index contributed by atoms with van der Waals surface area (Å²) >= 11 is 0. The van der Waals surface area contributed by atoms with Crippen molar-refractivity contribution in [1.82, 2.24) is 19.9 Å². The first-order valence-electron chi connectivity index (χ1n) is 10.2. The average molecular weight is 419 g/mol. The van der Waals surface area contributed by atoms with Crippen LogP contribution in [0.15, 0.2) is 53.9 Å². The predicted octanol–water partition coefficient (Wildman–Crippen LogP) is 2.48. The van der Waals surface area contributed by atoms with E-state index >= 15 is 0 Å². The van der Waals surface area contributed by atoms with Crippen LogP contribution >= 0.6 is 0 Å². The molecule has 0 radical (unpaired) electrons. The van der Waals surface area contributed by atoms with Gasteiger partial charge in [-0.3, -0.25) is 15.4 Å². The van der Waals surface area contributed by atoms with E-state index in [4.69, 9.17) is 9.47 Å². The lowest BCUT2D eigenvalue weighted by molar-refractivity contribution is 0.122. The normalized spacial score (nSPS) is 14.0. The van der Waals surface area contributed by atoms with Gasteiger partial charge in [0.05, 0.1) is 26.0 Å². The van der Waals surface area contributed by atoms with Crippen molar-refractivity contribution in [2.45, 2.75) is 13.3 Å². The second kappa shape index (κ2) is 10.4. The summed E-state index contributed by atoms with van der Waals surface area (Å²) in [6, 6.07) is 11.8. The fraction of sp³-hybridized carbons (Fsp3) is 0.318. The maximum absolute atomic E-state index is 5.84. The van der Waals surface area contributed by atoms with Gasteiger partial charge in [-0.1, -0.05) is 6.07 Å². The molecular weight excluding hydrogens is 394 g/mol. The van der Waals surface area contributed by atoms with Gasteiger partial charge in [-0.2, -0.15) is 15.1 Å². The quantitative estimate of drug-likeness (QED) is 0.439. The number of hydrogen-bond acceptors (Lipinski definition) is 9. The van der Waals surface area contributed by atoms with Crippen LogP contribution in [0, 0.1) is 6.92 Å². The average Bonchev–Trinajstić information content (AvgIpc) is 2.80. The van der Waals surface area contributed by atoms with Crippen molar-refractivity contribution in [1.29, 1.82) is 0 Å². The first-order chi connectivity index (χ1) is 15.3. The van der Waals surface area contributed by atoms with E-state index in [1.165, 1.54) is 0 Å². The summed E-state index contributed by atoms with van der Waals surface area (Å²) in [7, 11) is 0. The minimum absolute atomic E-state index is 0.303. The fourth-order valence-electron chi connectivity index (χ4n) is 3.10. The van der Waals surface area contributed by atoms with Crippen molar-refractivity contribution >= 4 is 17.9 Å². The number of pyridine rings is 2. The Balaban J connectivity index is 1.46. The zero-order chi connectivity index (χ0) is 21.3. The molecule has 1 fully saturated rings. The molecule has 160 valence electrons. The molecule has 1 N–H and O–H groups in total. The van der Waals surface area contributed by atoms with Gasteiger partial charge in [0.25, 0.3) is 0 Å². The summed E-state index contributed by atoms with van der Waals surface area (Å²) in [5, 5.41) is 4.31. The van der Waals surface area contributed by atoms with Crippen molar-refractivity contribution in [2.75, 3.05) is 43.2 Å². The first kappa shape index (κ1) is 20.7. The van der Waals surface area contributed by atoms with Crippen LogP contribution in [0.4, 0.5) is 11.6 Å². The van der Waals surface area contributed by atoms with E-state index in [1.54, 1.807) is 18.6 Å². The molecule has 9 nitrogen and oxygen atoms in total. The third-order valence-corrected chi connectivity index (χ3v) is 4.66. The molecule has 3 aromatic rings. The zero-order valence-corrected chi connectivity index (χ0v) is 17.4. The number of anilines is 2. The molecule has 0 spiro atoms. The van der Waals surface area contributed by atoms with E-state index in [2.05, 4.69) is 35.4 Å². The summed E-state index contributed by atoms with van der Waals surface area (Å²) in [6.07, 6.45) is 5.93. The van der Waals surface area contributed by atoms with Crippen molar-refractivity contribution in [3.8, 4) is 6.01 Å². The highest BCUT2D eigenvalue weighted by molar-refractivity contribution is 5.80. The summed E-state index contributed by atoms with van der Waals surface area (Å²) in [5.74, 6) is 1.34. The Kier molecular flexibility index (Phi) is 6.96. The van der Waals surface area contributed by atoms with Crippen LogP contribution in [0.2, 0.25) is 0 Å². The van der Waals surface area contributed by atoms with Gasteiger partial charge in [0.15, 0.2) is 5.82 Å². The molecule has 0 saturated carbocycles. The van der Waals surface area contributed by atoms with E-state index < -0.39 is 0 Å². The van der Waals surface area contributed by atoms with Gasteiger partial charge < -0.3 is 14.4 Å². The van der Waals surface area contributed by atoms with Gasteiger partial charge in [0.1, 0.15) is 5.82 Å². The number of morpholine rings is 1. The molecular formula is C22H25N7O2. The Morgan fingerprint density at radius 3 is 2.84 bits per heavy atom. The number of nitrogens with one attached hydrogen (secondary N) is 1. The third-order valence-electron chi connectivity index (χ3n) is 4.66. The van der Waals surface area contributed by atoms with E-state index in [0.717, 1.165) is 35.9 Å². The van der Waals surface area contributed by atoms with Crippen molar-refractivity contribution in [3.05, 3.63) is 65.7 Å². The van der Waals surface area contributed by atoms with Gasteiger partial charge in [-0.05, 0) is 36.8 Å². The maximum Gasteiger partial charge on any atom is 0.320 e. The standard InChI is InChI=1S/C22H25N7O2/c1-17-14-18(5-8-23-17)16-25-28-20-15-21(29-9-12-30-13-10-29)27-22(26-20)31-11-6-19-4-2-3-7-24-19/h2-5,7-8,14-16H,6,9-13H2,1H3,(H,26,27,28). The van der Waals surface area contributed by atoms with Gasteiger partial charge in [-0.15, -0.1) is 0 Å². The number of rotatable bonds is 8. The molecule has 4 rings (SSSR count). The Morgan fingerprint density at radius 1 is 1.13 bits per heavy atom. The first-order valence-corrected chi connectivity index (χ1v) is 10.2. The molecule has 31 heavy (non-hydrogen) atoms. The van der Waals surface area contributed by atoms with E-state index in [0.29, 0.717) is 38.1 Å². The molecule has 0 amide bonds. The van der Waals surface area contributed by atoms with Crippen molar-refractivity contribution in [2.24, 2.45) is 5.10 Å². The van der Waals surface area contributed by atoms with Crippen molar-refractivity contribution < 1.29 is 9.47 Å². The number of hydrogen-bond donors (Lipinski definition) is 1. The largest absolute Gasteiger partial charge is 0.463 e. The van der Waals surface area contributed by atoms with Crippen LogP contribution in [0.1, 0.15) is 17.0 Å². The van der Waals surface area contributed by atoms with Crippen LogP contribution < -0.4 is 15.1 Å². The lowest BCUT2D eigenvalue weighted by Crippen LogP contribution is -2.36. The summed E-state index contributed by atoms with van der Waals surface area (Å²) in [4.78, 5) is 19.7. The smallest absolute Gasteiger partial charge is 0.320 e. The number of aryl methyl sites for hydroxylation is 1. The molecule has 4 heterocycles. The minimum Gasteiger partial charge on any atom is -0.463 e. The van der Waals surface area contributed by atoms with Gasteiger partial charge in [0, 0.05) is 49.4 Å². The number of hydrazone groups is 1. The lowest BCUT2D eigenvalue weighted by Gasteiger charge is -2.28. The van der Waals surface area contributed by atoms with Crippen molar-refractivity contribution in [3.63, 3.8) is 0 Å². The third kappa shape index (κ3) is 6.19. The maximum atomic E-state index is 5.84. The highest BCUT2D eigenvalue weighted by atomic mass is 16.5. The Bertz CT molecular complexity index is 1010. The lowest BCUT2D eigenvalue weighted by atomic mass is 10.2. The predicted molar refractivity (Wildman–Crippen MR) is 119 cm³/mol. The monoisotopic (exact) mass is 419 g/mol. The van der Waals surface area contributed by atoms with Crippen LogP contribution in [-0.4, -0.2) is 59.1 Å². The Morgan fingerprint density at radius 2 is 2.03 bits per heavy atom. The molecule has 1 aliphatic heterocycles. The summed E-state index contributed by atoms with van der Waals surface area (Å²) in [5.41, 5.74) is 5.84. The second-order valence-electron chi connectivity index (χ2n) is 7.01. The Labute approximate surface area is 181 Å². The molecule has 0 aromatic carbocycles. The van der Waals surface area contributed by atoms with E-state index in [1.807, 2.05) is 43.3 Å². The van der Waals surface area contributed by atoms with E-state index in [-0.39, 0.29) is 0 Å². The van der Waals surface area contributed by atoms with Gasteiger partial charge in [0.2, 0.25) is 0 Å². The second-order valence-corrected chi connectivity index (χ2v) is 7.01. The summed E-state index contributed by atoms with van der Waals surface area (Å²) < 4.78 is 11.3. The Hall–Kier alpha value is -3.59. The highest BCUT2D eigenvalue weighted by Crippen LogP contribution is 2.20. The molecule has 0 unspecified atom stereocenters. The van der Waals surface area contributed by atoms with E-state index in [9.17, 15) is 0 Å². The van der Waals surface area contributed by atoms with Crippen LogP contribution in [-0.2, 0) is 11.2 Å². The molecule has 1 aliphatic rings. The van der Waals surface area contributed by atoms with Crippen LogP contribution in [0.3, 0.4) is 0 Å². The minimum atomic E-state index is 0.303. The topological polar surface area (TPSA) is 97.7 Å². The highest BCUT2D eigenvalue weighted by Gasteiger charge is 2.15. The fourth-order valence-corrected chi connectivity index (χ4v) is 3.10. The van der Waals surface area contributed by atoms with Gasteiger partial charge in [-0.25, -0.2) is 0 Å². The molecule has 0 atom stereocenters. The molecule has 3 aromatic heterocycles. The zero-order valence-electron chi connectivity index (χ0n) is 17.4. The number of ether oxygens (including phenoxy) is 2. The molecule has 1 saturated heterocycles. The van der Waals surface area contributed by atoms with Crippen LogP contribution in [0.25, 0.3) is 0 Å². The summed E-state index contributed by atoms with van der Waals surface area (Å²) in [6.45, 7) is 5.25. The van der Waals surface area contributed by atoms with Crippen LogP contribution in [0.5, 0.6) is 6.01 Å². The number of aromatic nitrogens is 4. The SMILES string of the molecule is Cc1cc(C=NNc2cc(N3CCOCC3)nc(OCCc3ccccn3)n2)ccn1. The molecule has 0 bridgehead atoms. The van der Waals surface area contributed by atoms with Gasteiger partial charge >= 0.3 is 6.01 Å².